The molecule has 0 aromatic carbocycles. The molecule has 4 nitrogen and oxygen atoms in total. The van der Waals surface area contributed by atoms with Crippen LogP contribution in [0.25, 0.3) is 0 Å². The van der Waals surface area contributed by atoms with Crippen molar-refractivity contribution in [2.24, 2.45) is 0 Å². The highest BCUT2D eigenvalue weighted by Crippen LogP contribution is 2.12. The van der Waals surface area contributed by atoms with Gasteiger partial charge in [0.2, 0.25) is 0 Å². The molecule has 0 spiro atoms. The zero-order valence-corrected chi connectivity index (χ0v) is 9.04. The Morgan fingerprint density at radius 1 is 1.50 bits per heavy atom. The Kier molecular flexibility index (Phi) is 3.71. The first-order valence-corrected chi connectivity index (χ1v) is 4.70. The van der Waals surface area contributed by atoms with E-state index in [4.69, 9.17) is 5.73 Å². The molecule has 0 saturated heterocycles. The molecule has 1 aromatic rings. The minimum atomic E-state index is 0.785. The number of likely N-dealkylation sites (N-methyl/N-ethyl adjacent to an activating group) is 1. The Morgan fingerprint density at radius 2 is 2.21 bits per heavy atom. The molecule has 0 saturated carbocycles. The minimum Gasteiger partial charge on any atom is -0.398 e. The summed E-state index contributed by atoms with van der Waals surface area (Å²) < 4.78 is 0. The quantitative estimate of drug-likeness (QED) is 0.749. The fourth-order valence-electron chi connectivity index (χ4n) is 1.04. The summed E-state index contributed by atoms with van der Waals surface area (Å²) in [7, 11) is 4.08. The number of nitrogens with two attached hydrogens (primary N) is 1. The smallest absolute Gasteiger partial charge is 0.128 e. The summed E-state index contributed by atoms with van der Waals surface area (Å²) >= 11 is 0. The van der Waals surface area contributed by atoms with E-state index < -0.39 is 0 Å². The van der Waals surface area contributed by atoms with E-state index in [9.17, 15) is 0 Å². The minimum absolute atomic E-state index is 0.785. The molecule has 14 heavy (non-hydrogen) atoms. The van der Waals surface area contributed by atoms with E-state index >= 15 is 0 Å². The predicted molar refractivity (Wildman–Crippen MR) is 60.4 cm³/mol. The van der Waals surface area contributed by atoms with Crippen molar-refractivity contribution >= 4 is 11.5 Å². The number of nitrogens with zero attached hydrogens (tertiary/aromatic N) is 2. The second-order valence-corrected chi connectivity index (χ2v) is 3.66. The lowest BCUT2D eigenvalue weighted by Crippen LogP contribution is -2.21. The number of nitrogen functional groups attached to an aromatic ring is 1. The van der Waals surface area contributed by atoms with Gasteiger partial charge in [-0.25, -0.2) is 4.98 Å². The van der Waals surface area contributed by atoms with Gasteiger partial charge in [-0.15, -0.1) is 0 Å². The van der Waals surface area contributed by atoms with Gasteiger partial charge >= 0.3 is 0 Å². The first-order valence-electron chi connectivity index (χ1n) is 4.70. The molecule has 1 rings (SSSR count). The normalized spacial score (nSPS) is 10.6. The maximum absolute atomic E-state index is 5.76. The predicted octanol–water partition coefficient (Wildman–Crippen LogP) is 0.946. The van der Waals surface area contributed by atoms with E-state index in [1.807, 2.05) is 27.1 Å². The molecular formula is C10H18N4. The van der Waals surface area contributed by atoms with Crippen molar-refractivity contribution in [3.63, 3.8) is 0 Å². The molecule has 1 aromatic heterocycles. The van der Waals surface area contributed by atoms with E-state index in [0.29, 0.717) is 0 Å². The molecule has 78 valence electrons. The van der Waals surface area contributed by atoms with Crippen LogP contribution in [0.1, 0.15) is 5.56 Å². The first kappa shape index (κ1) is 10.8. The van der Waals surface area contributed by atoms with Crippen LogP contribution in [0.5, 0.6) is 0 Å². The molecule has 1 heterocycles. The van der Waals surface area contributed by atoms with Crippen molar-refractivity contribution in [3.8, 4) is 0 Å². The van der Waals surface area contributed by atoms with E-state index in [1.54, 1.807) is 6.20 Å². The van der Waals surface area contributed by atoms with Gasteiger partial charge in [-0.1, -0.05) is 0 Å². The Bertz CT molecular complexity index is 296. The lowest BCUT2D eigenvalue weighted by molar-refractivity contribution is 0.425. The summed E-state index contributed by atoms with van der Waals surface area (Å²) in [5.74, 6) is 0.843. The van der Waals surface area contributed by atoms with Crippen molar-refractivity contribution < 1.29 is 0 Å². The van der Waals surface area contributed by atoms with Gasteiger partial charge in [-0.05, 0) is 26.6 Å². The molecular weight excluding hydrogens is 176 g/mol. The van der Waals surface area contributed by atoms with Crippen molar-refractivity contribution in [2.75, 3.05) is 38.2 Å². The highest BCUT2D eigenvalue weighted by atomic mass is 15.1. The highest BCUT2D eigenvalue weighted by Gasteiger charge is 1.97. The van der Waals surface area contributed by atoms with E-state index in [2.05, 4.69) is 15.2 Å². The van der Waals surface area contributed by atoms with Gasteiger partial charge in [-0.3, -0.25) is 0 Å². The average Bonchev–Trinajstić information content (AvgIpc) is 2.10. The van der Waals surface area contributed by atoms with Gasteiger partial charge in [0.25, 0.3) is 0 Å². The van der Waals surface area contributed by atoms with Crippen LogP contribution in [0.2, 0.25) is 0 Å². The number of rotatable bonds is 4. The van der Waals surface area contributed by atoms with Crippen LogP contribution in [0.3, 0.4) is 0 Å². The summed E-state index contributed by atoms with van der Waals surface area (Å²) in [6, 6.07) is 1.87. The number of nitrogens with one attached hydrogen (secondary N) is 1. The number of pyridine rings is 1. The van der Waals surface area contributed by atoms with Crippen LogP contribution < -0.4 is 11.1 Å². The number of aryl methyl sites for hydroxylation is 1. The van der Waals surface area contributed by atoms with Crippen molar-refractivity contribution in [1.82, 2.24) is 9.88 Å². The van der Waals surface area contributed by atoms with Gasteiger partial charge in [0, 0.05) is 31.0 Å². The fourth-order valence-corrected chi connectivity index (χ4v) is 1.04. The maximum atomic E-state index is 5.76. The van der Waals surface area contributed by atoms with Crippen LogP contribution in [0.4, 0.5) is 11.5 Å². The molecule has 0 unspecified atom stereocenters. The second kappa shape index (κ2) is 4.81. The first-order chi connectivity index (χ1) is 6.59. The topological polar surface area (TPSA) is 54.2 Å². The zero-order chi connectivity index (χ0) is 10.6. The summed E-state index contributed by atoms with van der Waals surface area (Å²) in [6.07, 6.45) is 1.79. The third-order valence-corrected chi connectivity index (χ3v) is 2.01. The van der Waals surface area contributed by atoms with E-state index in [0.717, 1.165) is 30.2 Å². The zero-order valence-electron chi connectivity index (χ0n) is 9.04. The van der Waals surface area contributed by atoms with Crippen LogP contribution in [0.15, 0.2) is 12.3 Å². The largest absolute Gasteiger partial charge is 0.398 e. The highest BCUT2D eigenvalue weighted by molar-refractivity contribution is 5.53. The number of aromatic nitrogens is 1. The Morgan fingerprint density at radius 3 is 2.79 bits per heavy atom. The van der Waals surface area contributed by atoms with Crippen LogP contribution in [-0.4, -0.2) is 37.1 Å². The molecule has 0 aliphatic carbocycles. The molecule has 0 bridgehead atoms. The van der Waals surface area contributed by atoms with Gasteiger partial charge in [-0.2, -0.15) is 0 Å². The fraction of sp³-hybridized carbons (Fsp3) is 0.500. The SMILES string of the molecule is Cc1cnc(NCCN(C)C)cc1N. The molecule has 0 aliphatic heterocycles. The van der Waals surface area contributed by atoms with Gasteiger partial charge in [0.1, 0.15) is 5.82 Å². The maximum Gasteiger partial charge on any atom is 0.128 e. The molecule has 4 heteroatoms. The van der Waals surface area contributed by atoms with Crippen LogP contribution >= 0.6 is 0 Å². The summed E-state index contributed by atoms with van der Waals surface area (Å²) in [5, 5.41) is 3.21. The van der Waals surface area contributed by atoms with Crippen molar-refractivity contribution in [3.05, 3.63) is 17.8 Å². The van der Waals surface area contributed by atoms with Crippen LogP contribution in [0, 0.1) is 6.92 Å². The van der Waals surface area contributed by atoms with Crippen molar-refractivity contribution in [1.29, 1.82) is 0 Å². The Labute approximate surface area is 85.1 Å². The van der Waals surface area contributed by atoms with E-state index in [1.165, 1.54) is 0 Å². The number of anilines is 2. The monoisotopic (exact) mass is 194 g/mol. The van der Waals surface area contributed by atoms with Crippen molar-refractivity contribution in [2.45, 2.75) is 6.92 Å². The average molecular weight is 194 g/mol. The molecule has 0 aliphatic rings. The summed E-state index contributed by atoms with van der Waals surface area (Å²) in [6.45, 7) is 3.81. The Hall–Kier alpha value is -1.29. The van der Waals surface area contributed by atoms with E-state index in [-0.39, 0.29) is 0 Å². The summed E-state index contributed by atoms with van der Waals surface area (Å²) in [4.78, 5) is 6.34. The van der Waals surface area contributed by atoms with Gasteiger partial charge < -0.3 is 16.0 Å². The number of hydrogen-bond donors (Lipinski definition) is 2. The summed E-state index contributed by atoms with van der Waals surface area (Å²) in [5.41, 5.74) is 7.56. The Balaban J connectivity index is 2.47. The van der Waals surface area contributed by atoms with Crippen LogP contribution in [-0.2, 0) is 0 Å². The third kappa shape index (κ3) is 3.22. The molecule has 3 N–H and O–H groups in total. The molecule has 0 radical (unpaired) electrons. The second-order valence-electron chi connectivity index (χ2n) is 3.66. The molecule has 0 fully saturated rings. The molecule has 0 amide bonds. The lowest BCUT2D eigenvalue weighted by atomic mass is 10.2. The standard InChI is InChI=1S/C10H18N4/c1-8-7-13-10(6-9(8)11)12-4-5-14(2)3/h6-7H,4-5H2,1-3H3,(H3,11,12,13). The molecule has 0 atom stereocenters. The van der Waals surface area contributed by atoms with Gasteiger partial charge in [0.15, 0.2) is 0 Å². The number of hydrogen-bond acceptors (Lipinski definition) is 4. The van der Waals surface area contributed by atoms with Gasteiger partial charge in [0.05, 0.1) is 0 Å². The lowest BCUT2D eigenvalue weighted by Gasteiger charge is -2.11. The third-order valence-electron chi connectivity index (χ3n) is 2.01.